The summed E-state index contributed by atoms with van der Waals surface area (Å²) in [7, 11) is 2.11. The minimum atomic E-state index is -0.731. The molecule has 5 nitrogen and oxygen atoms in total. The average molecular weight is 227 g/mol. The van der Waals surface area contributed by atoms with E-state index in [9.17, 15) is 9.90 Å². The summed E-state index contributed by atoms with van der Waals surface area (Å²) in [4.78, 5) is 13.5. The van der Waals surface area contributed by atoms with Crippen molar-refractivity contribution in [1.29, 1.82) is 0 Å². The van der Waals surface area contributed by atoms with E-state index in [0.29, 0.717) is 5.92 Å². The molecule has 0 bridgehead atoms. The molecular formula is C11H21N3O2. The van der Waals surface area contributed by atoms with Crippen molar-refractivity contribution in [3.05, 3.63) is 0 Å². The van der Waals surface area contributed by atoms with E-state index in [-0.39, 0.29) is 6.04 Å². The van der Waals surface area contributed by atoms with E-state index in [2.05, 4.69) is 22.6 Å². The molecule has 0 radical (unpaired) electrons. The number of nitrogens with one attached hydrogen (secondary N) is 2. The number of rotatable bonds is 2. The van der Waals surface area contributed by atoms with Gasteiger partial charge in [-0.15, -0.1) is 0 Å². The molecule has 5 heteroatoms. The molecule has 2 saturated heterocycles. The SMILES string of the molecule is CN1CCCC(C2NCCNC2C(=O)O)C1. The Morgan fingerprint density at radius 2 is 2.12 bits per heavy atom. The molecule has 0 aromatic heterocycles. The van der Waals surface area contributed by atoms with Gasteiger partial charge in [-0.2, -0.15) is 0 Å². The van der Waals surface area contributed by atoms with Gasteiger partial charge in [-0.1, -0.05) is 0 Å². The van der Waals surface area contributed by atoms with E-state index in [1.807, 2.05) is 0 Å². The Morgan fingerprint density at radius 1 is 1.38 bits per heavy atom. The van der Waals surface area contributed by atoms with E-state index in [1.165, 1.54) is 6.42 Å². The van der Waals surface area contributed by atoms with Crippen LogP contribution in [0.3, 0.4) is 0 Å². The second-order valence-corrected chi connectivity index (χ2v) is 4.91. The summed E-state index contributed by atoms with van der Waals surface area (Å²) in [5.74, 6) is -0.280. The van der Waals surface area contributed by atoms with Crippen LogP contribution in [0.1, 0.15) is 12.8 Å². The highest BCUT2D eigenvalue weighted by Crippen LogP contribution is 2.21. The number of likely N-dealkylation sites (tertiary alicyclic amines) is 1. The minimum absolute atomic E-state index is 0.0778. The maximum absolute atomic E-state index is 11.2. The number of carboxylic acid groups (broad SMARTS) is 1. The van der Waals surface area contributed by atoms with Crippen LogP contribution in [0.2, 0.25) is 0 Å². The summed E-state index contributed by atoms with van der Waals surface area (Å²) >= 11 is 0. The van der Waals surface area contributed by atoms with Gasteiger partial charge >= 0.3 is 5.97 Å². The number of carbonyl (C=O) groups is 1. The molecule has 0 saturated carbocycles. The van der Waals surface area contributed by atoms with Gasteiger partial charge in [0.2, 0.25) is 0 Å². The fourth-order valence-corrected chi connectivity index (χ4v) is 2.89. The van der Waals surface area contributed by atoms with Gasteiger partial charge in [0.15, 0.2) is 0 Å². The summed E-state index contributed by atoms with van der Waals surface area (Å²) in [6.45, 7) is 3.75. The Labute approximate surface area is 96.2 Å². The second-order valence-electron chi connectivity index (χ2n) is 4.91. The van der Waals surface area contributed by atoms with Crippen molar-refractivity contribution in [2.75, 3.05) is 33.2 Å². The molecule has 0 spiro atoms. The zero-order valence-electron chi connectivity index (χ0n) is 9.78. The molecule has 2 rings (SSSR count). The van der Waals surface area contributed by atoms with Crippen molar-refractivity contribution in [2.45, 2.75) is 24.9 Å². The summed E-state index contributed by atoms with van der Waals surface area (Å²) in [6, 6.07) is -0.348. The largest absolute Gasteiger partial charge is 0.480 e. The number of hydrogen-bond donors (Lipinski definition) is 3. The number of nitrogens with zero attached hydrogens (tertiary/aromatic N) is 1. The Kier molecular flexibility index (Phi) is 3.78. The maximum Gasteiger partial charge on any atom is 0.322 e. The van der Waals surface area contributed by atoms with Crippen molar-refractivity contribution >= 4 is 5.97 Å². The fourth-order valence-electron chi connectivity index (χ4n) is 2.89. The molecule has 0 amide bonds. The molecule has 0 aliphatic carbocycles. The first kappa shape index (κ1) is 11.8. The van der Waals surface area contributed by atoms with Crippen LogP contribution in [-0.4, -0.2) is 61.3 Å². The zero-order valence-corrected chi connectivity index (χ0v) is 9.78. The van der Waals surface area contributed by atoms with E-state index in [4.69, 9.17) is 0 Å². The van der Waals surface area contributed by atoms with Crippen molar-refractivity contribution < 1.29 is 9.90 Å². The number of hydrogen-bond acceptors (Lipinski definition) is 4. The number of carboxylic acids is 1. The standard InChI is InChI=1S/C11H21N3O2/c1-14-6-2-3-8(7-14)9-10(11(15)16)13-5-4-12-9/h8-10,12-13H,2-7H2,1H3,(H,15,16). The lowest BCUT2D eigenvalue weighted by atomic mass is 9.85. The fraction of sp³-hybridized carbons (Fsp3) is 0.909. The molecule has 92 valence electrons. The highest BCUT2D eigenvalue weighted by molar-refractivity contribution is 5.74. The van der Waals surface area contributed by atoms with Crippen LogP contribution in [0.5, 0.6) is 0 Å². The smallest absolute Gasteiger partial charge is 0.322 e. The number of aliphatic carboxylic acids is 1. The molecule has 2 aliphatic heterocycles. The van der Waals surface area contributed by atoms with Gasteiger partial charge in [-0.25, -0.2) is 0 Å². The van der Waals surface area contributed by atoms with Gasteiger partial charge in [0.1, 0.15) is 6.04 Å². The lowest BCUT2D eigenvalue weighted by molar-refractivity contribution is -0.141. The van der Waals surface area contributed by atoms with Crippen LogP contribution in [0.4, 0.5) is 0 Å². The van der Waals surface area contributed by atoms with E-state index < -0.39 is 12.0 Å². The molecule has 3 unspecified atom stereocenters. The van der Waals surface area contributed by atoms with Crippen LogP contribution in [0.15, 0.2) is 0 Å². The lowest BCUT2D eigenvalue weighted by Crippen LogP contribution is -2.63. The highest BCUT2D eigenvalue weighted by Gasteiger charge is 2.37. The Bertz CT molecular complexity index is 260. The third kappa shape index (κ3) is 2.53. The Balaban J connectivity index is 2.01. The quantitative estimate of drug-likeness (QED) is 0.585. The van der Waals surface area contributed by atoms with Crippen LogP contribution >= 0.6 is 0 Å². The van der Waals surface area contributed by atoms with Crippen molar-refractivity contribution in [3.63, 3.8) is 0 Å². The van der Waals surface area contributed by atoms with Gasteiger partial charge in [0.05, 0.1) is 0 Å². The van der Waals surface area contributed by atoms with Gasteiger partial charge in [-0.05, 0) is 32.4 Å². The zero-order chi connectivity index (χ0) is 11.5. The normalized spacial score (nSPS) is 37.2. The van der Waals surface area contributed by atoms with Crippen molar-refractivity contribution in [1.82, 2.24) is 15.5 Å². The molecule has 0 aromatic carbocycles. The molecule has 16 heavy (non-hydrogen) atoms. The predicted octanol–water partition coefficient (Wildman–Crippen LogP) is -0.657. The molecule has 2 heterocycles. The van der Waals surface area contributed by atoms with Crippen LogP contribution < -0.4 is 10.6 Å². The molecule has 2 aliphatic rings. The summed E-state index contributed by atoms with van der Waals surface area (Å²) in [6.07, 6.45) is 2.30. The second kappa shape index (κ2) is 5.12. The summed E-state index contributed by atoms with van der Waals surface area (Å²) < 4.78 is 0. The van der Waals surface area contributed by atoms with E-state index in [1.54, 1.807) is 0 Å². The third-order valence-corrected chi connectivity index (χ3v) is 3.66. The third-order valence-electron chi connectivity index (χ3n) is 3.66. The molecular weight excluding hydrogens is 206 g/mol. The van der Waals surface area contributed by atoms with Crippen molar-refractivity contribution in [2.24, 2.45) is 5.92 Å². The van der Waals surface area contributed by atoms with Crippen LogP contribution in [0, 0.1) is 5.92 Å². The number of piperazine rings is 1. The molecule has 3 N–H and O–H groups in total. The van der Waals surface area contributed by atoms with Gasteiger partial charge in [-0.3, -0.25) is 4.79 Å². The van der Waals surface area contributed by atoms with Gasteiger partial charge in [0.25, 0.3) is 0 Å². The molecule has 3 atom stereocenters. The minimum Gasteiger partial charge on any atom is -0.480 e. The average Bonchev–Trinajstić information content (AvgIpc) is 2.29. The highest BCUT2D eigenvalue weighted by atomic mass is 16.4. The lowest BCUT2D eigenvalue weighted by Gasteiger charge is -2.40. The Hall–Kier alpha value is -0.650. The first-order valence-corrected chi connectivity index (χ1v) is 6.06. The number of piperidine rings is 1. The molecule has 2 fully saturated rings. The first-order chi connectivity index (χ1) is 7.68. The summed E-state index contributed by atoms with van der Waals surface area (Å²) in [5, 5.41) is 15.7. The van der Waals surface area contributed by atoms with E-state index >= 15 is 0 Å². The predicted molar refractivity (Wildman–Crippen MR) is 61.4 cm³/mol. The maximum atomic E-state index is 11.2. The van der Waals surface area contributed by atoms with E-state index in [0.717, 1.165) is 32.6 Å². The van der Waals surface area contributed by atoms with Crippen LogP contribution in [0.25, 0.3) is 0 Å². The summed E-state index contributed by atoms with van der Waals surface area (Å²) in [5.41, 5.74) is 0. The Morgan fingerprint density at radius 3 is 2.81 bits per heavy atom. The van der Waals surface area contributed by atoms with Gasteiger partial charge < -0.3 is 20.6 Å². The molecule has 0 aromatic rings. The topological polar surface area (TPSA) is 64.6 Å². The van der Waals surface area contributed by atoms with Crippen molar-refractivity contribution in [3.8, 4) is 0 Å². The van der Waals surface area contributed by atoms with Gasteiger partial charge in [0, 0.05) is 25.7 Å². The monoisotopic (exact) mass is 227 g/mol. The van der Waals surface area contributed by atoms with Crippen LogP contribution in [-0.2, 0) is 4.79 Å². The first-order valence-electron chi connectivity index (χ1n) is 6.06.